The average molecular weight is 313 g/mol. The van der Waals surface area contributed by atoms with Crippen LogP contribution in [0.3, 0.4) is 0 Å². The lowest BCUT2D eigenvalue weighted by Crippen LogP contribution is -2.25. The normalized spacial score (nSPS) is 20.5. The first-order valence-electron chi connectivity index (χ1n) is 5.15. The Labute approximate surface area is 111 Å². The fourth-order valence-electron chi connectivity index (χ4n) is 1.86. The molecule has 0 saturated carbocycles. The van der Waals surface area contributed by atoms with Gasteiger partial charge < -0.3 is 0 Å². The van der Waals surface area contributed by atoms with Crippen molar-refractivity contribution in [1.29, 1.82) is 0 Å². The van der Waals surface area contributed by atoms with Gasteiger partial charge in [-0.1, -0.05) is 6.07 Å². The van der Waals surface area contributed by atoms with E-state index in [1.54, 1.807) is 9.42 Å². The third kappa shape index (κ3) is 1.83. The molecule has 17 heavy (non-hydrogen) atoms. The molecule has 5 nitrogen and oxygen atoms in total. The van der Waals surface area contributed by atoms with Crippen molar-refractivity contribution in [3.63, 3.8) is 0 Å². The number of rotatable bonds is 1. The topological polar surface area (TPSA) is 50.5 Å². The van der Waals surface area contributed by atoms with E-state index in [9.17, 15) is 4.79 Å². The SMILES string of the molecule is O=C1CC(S)CN1c1nc2cccc(Br)n2n1. The zero-order chi connectivity index (χ0) is 12.0. The number of halogens is 1. The smallest absolute Gasteiger partial charge is 0.252 e. The van der Waals surface area contributed by atoms with Crippen LogP contribution in [-0.2, 0) is 4.79 Å². The molecule has 88 valence electrons. The van der Waals surface area contributed by atoms with E-state index in [1.807, 2.05) is 18.2 Å². The third-order valence-corrected chi connectivity index (χ3v) is 3.59. The number of pyridine rings is 1. The Kier molecular flexibility index (Phi) is 2.59. The van der Waals surface area contributed by atoms with Crippen LogP contribution in [0.4, 0.5) is 5.95 Å². The summed E-state index contributed by atoms with van der Waals surface area (Å²) in [5.74, 6) is 0.468. The molecule has 3 rings (SSSR count). The molecular weight excluding hydrogens is 304 g/mol. The number of fused-ring (bicyclic) bond motifs is 1. The van der Waals surface area contributed by atoms with Crippen LogP contribution in [0.25, 0.3) is 5.65 Å². The third-order valence-electron chi connectivity index (χ3n) is 2.65. The predicted molar refractivity (Wildman–Crippen MR) is 70.4 cm³/mol. The maximum Gasteiger partial charge on any atom is 0.252 e. The molecule has 1 fully saturated rings. The summed E-state index contributed by atoms with van der Waals surface area (Å²) >= 11 is 7.70. The quantitative estimate of drug-likeness (QED) is 0.642. The first-order valence-corrected chi connectivity index (χ1v) is 6.46. The summed E-state index contributed by atoms with van der Waals surface area (Å²) in [5, 5.41) is 4.38. The lowest BCUT2D eigenvalue weighted by atomic mass is 10.4. The lowest BCUT2D eigenvalue weighted by molar-refractivity contribution is -0.117. The van der Waals surface area contributed by atoms with Gasteiger partial charge in [-0.25, -0.2) is 4.52 Å². The Hall–Kier alpha value is -1.08. The second kappa shape index (κ2) is 3.99. The number of carbonyl (C=O) groups excluding carboxylic acids is 1. The van der Waals surface area contributed by atoms with E-state index in [0.29, 0.717) is 24.6 Å². The summed E-state index contributed by atoms with van der Waals surface area (Å²) in [6.45, 7) is 0.566. The molecule has 0 aliphatic carbocycles. The van der Waals surface area contributed by atoms with Crippen LogP contribution in [0, 0.1) is 0 Å². The van der Waals surface area contributed by atoms with Gasteiger partial charge in [0.15, 0.2) is 5.65 Å². The average Bonchev–Trinajstić information content (AvgIpc) is 2.82. The molecule has 1 atom stereocenters. The highest BCUT2D eigenvalue weighted by atomic mass is 79.9. The van der Waals surface area contributed by atoms with Gasteiger partial charge in [0, 0.05) is 18.2 Å². The zero-order valence-corrected chi connectivity index (χ0v) is 11.2. The Morgan fingerprint density at radius 2 is 2.29 bits per heavy atom. The van der Waals surface area contributed by atoms with Gasteiger partial charge in [0.2, 0.25) is 5.91 Å². The molecule has 1 amide bonds. The highest BCUT2D eigenvalue weighted by molar-refractivity contribution is 9.10. The second-order valence-electron chi connectivity index (χ2n) is 3.89. The Balaban J connectivity index is 2.07. The summed E-state index contributed by atoms with van der Waals surface area (Å²) in [5.41, 5.74) is 0.713. The molecule has 1 aliphatic rings. The van der Waals surface area contributed by atoms with Crippen molar-refractivity contribution >= 4 is 46.1 Å². The fourth-order valence-corrected chi connectivity index (χ4v) is 2.59. The number of nitrogens with zero attached hydrogens (tertiary/aromatic N) is 4. The number of thiol groups is 1. The highest BCUT2D eigenvalue weighted by Crippen LogP contribution is 2.22. The molecular formula is C10H9BrN4OS. The number of hydrogen-bond acceptors (Lipinski definition) is 4. The molecule has 7 heteroatoms. The van der Waals surface area contributed by atoms with Crippen molar-refractivity contribution in [2.24, 2.45) is 0 Å². The van der Waals surface area contributed by atoms with Crippen molar-refractivity contribution in [1.82, 2.24) is 14.6 Å². The maximum absolute atomic E-state index is 11.7. The lowest BCUT2D eigenvalue weighted by Gasteiger charge is -2.09. The van der Waals surface area contributed by atoms with Crippen molar-refractivity contribution in [3.8, 4) is 0 Å². The fraction of sp³-hybridized carbons (Fsp3) is 0.300. The molecule has 2 aromatic rings. The predicted octanol–water partition coefficient (Wildman–Crippen LogP) is 1.53. The largest absolute Gasteiger partial charge is 0.278 e. The van der Waals surface area contributed by atoms with Crippen LogP contribution in [-0.4, -0.2) is 32.3 Å². The number of aromatic nitrogens is 3. The molecule has 1 saturated heterocycles. The summed E-state index contributed by atoms with van der Waals surface area (Å²) in [4.78, 5) is 17.6. The van der Waals surface area contributed by atoms with E-state index in [4.69, 9.17) is 0 Å². The van der Waals surface area contributed by atoms with E-state index in [-0.39, 0.29) is 11.2 Å². The van der Waals surface area contributed by atoms with Crippen LogP contribution in [0.5, 0.6) is 0 Å². The minimum Gasteiger partial charge on any atom is -0.278 e. The van der Waals surface area contributed by atoms with E-state index >= 15 is 0 Å². The number of anilines is 1. The summed E-state index contributed by atoms with van der Waals surface area (Å²) in [7, 11) is 0. The molecule has 0 N–H and O–H groups in total. The minimum absolute atomic E-state index is 0.0250. The molecule has 2 aromatic heterocycles. The van der Waals surface area contributed by atoms with Crippen LogP contribution in [0.15, 0.2) is 22.8 Å². The highest BCUT2D eigenvalue weighted by Gasteiger charge is 2.31. The van der Waals surface area contributed by atoms with Gasteiger partial charge in [-0.15, -0.1) is 5.10 Å². The Bertz CT molecular complexity index is 599. The van der Waals surface area contributed by atoms with Gasteiger partial charge in [0.1, 0.15) is 4.60 Å². The molecule has 1 aliphatic heterocycles. The van der Waals surface area contributed by atoms with Crippen LogP contribution in [0.1, 0.15) is 6.42 Å². The molecule has 3 heterocycles. The van der Waals surface area contributed by atoms with Gasteiger partial charge in [-0.05, 0) is 28.1 Å². The zero-order valence-electron chi connectivity index (χ0n) is 8.75. The molecule has 1 unspecified atom stereocenters. The van der Waals surface area contributed by atoms with Crippen molar-refractivity contribution < 1.29 is 4.79 Å². The Morgan fingerprint density at radius 1 is 1.47 bits per heavy atom. The monoisotopic (exact) mass is 312 g/mol. The maximum atomic E-state index is 11.7. The van der Waals surface area contributed by atoms with Crippen LogP contribution < -0.4 is 4.90 Å². The first-order chi connectivity index (χ1) is 8.15. The standard InChI is InChI=1S/C10H9BrN4OS/c11-7-2-1-3-8-12-10(13-15(7)8)14-5-6(17)4-9(14)16/h1-3,6,17H,4-5H2. The van der Waals surface area contributed by atoms with Gasteiger partial charge >= 0.3 is 0 Å². The number of amides is 1. The first kappa shape index (κ1) is 11.0. The van der Waals surface area contributed by atoms with Gasteiger partial charge in [0.25, 0.3) is 5.95 Å². The Morgan fingerprint density at radius 3 is 2.94 bits per heavy atom. The van der Waals surface area contributed by atoms with Crippen LogP contribution >= 0.6 is 28.6 Å². The van der Waals surface area contributed by atoms with E-state index in [2.05, 4.69) is 38.6 Å². The van der Waals surface area contributed by atoms with Crippen molar-refractivity contribution in [2.75, 3.05) is 11.4 Å². The van der Waals surface area contributed by atoms with E-state index in [0.717, 1.165) is 4.60 Å². The number of hydrogen-bond donors (Lipinski definition) is 1. The summed E-state index contributed by atoms with van der Waals surface area (Å²) in [6.07, 6.45) is 0.444. The number of carbonyl (C=O) groups is 1. The summed E-state index contributed by atoms with van der Waals surface area (Å²) in [6, 6.07) is 5.60. The molecule has 0 bridgehead atoms. The minimum atomic E-state index is 0.0250. The second-order valence-corrected chi connectivity index (χ2v) is 5.44. The van der Waals surface area contributed by atoms with Gasteiger partial charge in [-0.3, -0.25) is 9.69 Å². The van der Waals surface area contributed by atoms with Crippen molar-refractivity contribution in [3.05, 3.63) is 22.8 Å². The van der Waals surface area contributed by atoms with E-state index in [1.165, 1.54) is 0 Å². The van der Waals surface area contributed by atoms with Crippen molar-refractivity contribution in [2.45, 2.75) is 11.7 Å². The van der Waals surface area contributed by atoms with Crippen LogP contribution in [0.2, 0.25) is 0 Å². The molecule has 0 aromatic carbocycles. The molecule has 0 spiro atoms. The van der Waals surface area contributed by atoms with Gasteiger partial charge in [0.05, 0.1) is 0 Å². The summed E-state index contributed by atoms with van der Waals surface area (Å²) < 4.78 is 2.47. The van der Waals surface area contributed by atoms with Gasteiger partial charge in [-0.2, -0.15) is 17.6 Å². The molecule has 0 radical (unpaired) electrons. The van der Waals surface area contributed by atoms with E-state index < -0.39 is 0 Å².